The number of ether oxygens (including phenoxy) is 1. The number of benzene rings is 4. The van der Waals surface area contributed by atoms with Gasteiger partial charge in [-0.25, -0.2) is 0 Å². The van der Waals surface area contributed by atoms with Crippen LogP contribution in [0.1, 0.15) is 15.9 Å². The number of methoxy groups -OCH3 is 1. The minimum Gasteiger partial charge on any atom is -0.505 e. The van der Waals surface area contributed by atoms with Crippen molar-refractivity contribution in [3.63, 3.8) is 0 Å². The summed E-state index contributed by atoms with van der Waals surface area (Å²) in [6.45, 7) is 1.54. The molecule has 1 amide bonds. The summed E-state index contributed by atoms with van der Waals surface area (Å²) in [6, 6.07) is 15.3. The summed E-state index contributed by atoms with van der Waals surface area (Å²) in [5, 5.41) is 23.3. The van der Waals surface area contributed by atoms with Crippen LogP contribution in [0.5, 0.6) is 11.5 Å². The van der Waals surface area contributed by atoms with Gasteiger partial charge in [0.15, 0.2) is 5.75 Å². The molecule has 0 fully saturated rings. The van der Waals surface area contributed by atoms with Gasteiger partial charge in [0.05, 0.1) is 27.6 Å². The van der Waals surface area contributed by atoms with E-state index in [9.17, 15) is 22.9 Å². The van der Waals surface area contributed by atoms with Gasteiger partial charge in [-0.2, -0.15) is 8.42 Å². The van der Waals surface area contributed by atoms with Gasteiger partial charge in [0, 0.05) is 11.1 Å². The Bertz CT molecular complexity index is 1690. The maximum absolute atomic E-state index is 13.1. The van der Waals surface area contributed by atoms with Crippen LogP contribution in [-0.4, -0.2) is 31.1 Å². The van der Waals surface area contributed by atoms with Crippen LogP contribution in [0, 0.1) is 6.92 Å². The molecule has 0 aliphatic heterocycles. The van der Waals surface area contributed by atoms with Crippen molar-refractivity contribution in [3.05, 3.63) is 81.8 Å². The van der Waals surface area contributed by atoms with E-state index in [0.717, 1.165) is 6.07 Å². The molecule has 12 heteroatoms. The average molecular weight is 560 g/mol. The Morgan fingerprint density at radius 3 is 2.43 bits per heavy atom. The molecule has 4 rings (SSSR count). The molecule has 0 atom stereocenters. The molecule has 3 N–H and O–H groups in total. The third-order valence-electron chi connectivity index (χ3n) is 5.41. The zero-order valence-electron chi connectivity index (χ0n) is 19.4. The van der Waals surface area contributed by atoms with E-state index < -0.39 is 26.7 Å². The first-order valence-corrected chi connectivity index (χ1v) is 12.8. The first-order chi connectivity index (χ1) is 17.5. The highest BCUT2D eigenvalue weighted by atomic mass is 35.5. The standard InChI is InChI=1S/C25H19Cl2N3O6S/c1-13-9-16(37(33,34)35)12-20(22(13)27)29-30-23-17-6-4-3-5-14(17)10-18(24(23)31)25(32)28-15-7-8-21(36-2)19(26)11-15/h3-12,31H,1-2H3,(H,28,32)(H,33,34,35). The molecule has 0 radical (unpaired) electrons. The van der Waals surface area contributed by atoms with Crippen molar-refractivity contribution in [2.75, 3.05) is 12.4 Å². The Balaban J connectivity index is 1.80. The van der Waals surface area contributed by atoms with E-state index in [1.54, 1.807) is 43.3 Å². The van der Waals surface area contributed by atoms with Gasteiger partial charge in [-0.3, -0.25) is 9.35 Å². The Labute approximate surface area is 222 Å². The molecule has 0 spiro atoms. The maximum atomic E-state index is 13.1. The van der Waals surface area contributed by atoms with Crippen molar-refractivity contribution in [2.45, 2.75) is 11.8 Å². The topological polar surface area (TPSA) is 138 Å². The molecule has 0 bridgehead atoms. The summed E-state index contributed by atoms with van der Waals surface area (Å²) in [4.78, 5) is 12.7. The molecular formula is C25H19Cl2N3O6S. The van der Waals surface area contributed by atoms with E-state index >= 15 is 0 Å². The van der Waals surface area contributed by atoms with Crippen molar-refractivity contribution in [3.8, 4) is 11.5 Å². The third-order valence-corrected chi connectivity index (χ3v) is 7.03. The lowest BCUT2D eigenvalue weighted by atomic mass is 10.0. The molecule has 0 saturated heterocycles. The second-order valence-corrected chi connectivity index (χ2v) is 10.1. The number of phenols is 1. The fourth-order valence-corrected chi connectivity index (χ4v) is 4.57. The van der Waals surface area contributed by atoms with Gasteiger partial charge in [-0.1, -0.05) is 47.5 Å². The quantitative estimate of drug-likeness (QED) is 0.170. The molecule has 0 saturated carbocycles. The SMILES string of the molecule is COc1ccc(NC(=O)c2cc3ccccc3c(N=Nc3cc(S(=O)(=O)O)cc(C)c3Cl)c2O)cc1Cl. The molecular weight excluding hydrogens is 541 g/mol. The van der Waals surface area contributed by atoms with Crippen molar-refractivity contribution in [1.82, 2.24) is 0 Å². The van der Waals surface area contributed by atoms with Crippen LogP contribution in [0.25, 0.3) is 10.8 Å². The number of aromatic hydroxyl groups is 1. The number of aryl methyl sites for hydroxylation is 1. The van der Waals surface area contributed by atoms with Crippen LogP contribution in [-0.2, 0) is 10.1 Å². The van der Waals surface area contributed by atoms with E-state index in [0.29, 0.717) is 27.8 Å². The summed E-state index contributed by atoms with van der Waals surface area (Å²) >= 11 is 12.4. The van der Waals surface area contributed by atoms with Gasteiger partial charge in [0.2, 0.25) is 0 Å². The monoisotopic (exact) mass is 559 g/mol. The molecule has 4 aromatic rings. The van der Waals surface area contributed by atoms with Gasteiger partial charge in [-0.15, -0.1) is 10.2 Å². The molecule has 0 aromatic heterocycles. The molecule has 9 nitrogen and oxygen atoms in total. The fourth-order valence-electron chi connectivity index (χ4n) is 3.58. The van der Waals surface area contributed by atoms with Gasteiger partial charge < -0.3 is 15.2 Å². The van der Waals surface area contributed by atoms with Crippen LogP contribution in [0.3, 0.4) is 0 Å². The lowest BCUT2D eigenvalue weighted by Gasteiger charge is -2.12. The number of hydrogen-bond donors (Lipinski definition) is 3. The molecule has 0 aliphatic carbocycles. The number of anilines is 1. The van der Waals surface area contributed by atoms with Crippen molar-refractivity contribution < 1.29 is 27.6 Å². The summed E-state index contributed by atoms with van der Waals surface area (Å²) in [6.07, 6.45) is 0. The average Bonchev–Trinajstić information content (AvgIpc) is 2.84. The highest BCUT2D eigenvalue weighted by molar-refractivity contribution is 7.85. The molecule has 4 aromatic carbocycles. The summed E-state index contributed by atoms with van der Waals surface area (Å²) in [7, 11) is -3.06. The number of fused-ring (bicyclic) bond motifs is 1. The number of rotatable bonds is 6. The first kappa shape index (κ1) is 26.4. The predicted molar refractivity (Wildman–Crippen MR) is 142 cm³/mol. The number of carbonyl (C=O) groups excluding carboxylic acids is 1. The lowest BCUT2D eigenvalue weighted by Crippen LogP contribution is -2.12. The van der Waals surface area contributed by atoms with E-state index in [-0.39, 0.29) is 27.0 Å². The number of azo groups is 1. The summed E-state index contributed by atoms with van der Waals surface area (Å²) in [5.74, 6) is -0.663. The van der Waals surface area contributed by atoms with Crippen molar-refractivity contribution in [1.29, 1.82) is 0 Å². The Kier molecular flexibility index (Phi) is 7.37. The predicted octanol–water partition coefficient (Wildman–Crippen LogP) is 7.08. The highest BCUT2D eigenvalue weighted by Crippen LogP contribution is 2.41. The zero-order chi connectivity index (χ0) is 26.9. The number of carbonyl (C=O) groups is 1. The van der Waals surface area contributed by atoms with Crippen LogP contribution in [0.2, 0.25) is 10.0 Å². The van der Waals surface area contributed by atoms with E-state index in [1.165, 1.54) is 25.3 Å². The number of amides is 1. The third kappa shape index (κ3) is 5.52. The number of halogens is 2. The van der Waals surface area contributed by atoms with Crippen LogP contribution in [0.4, 0.5) is 17.1 Å². The molecule has 37 heavy (non-hydrogen) atoms. The Hall–Kier alpha value is -3.70. The maximum Gasteiger partial charge on any atom is 0.294 e. The van der Waals surface area contributed by atoms with Crippen LogP contribution < -0.4 is 10.1 Å². The molecule has 190 valence electrons. The minimum absolute atomic E-state index is 0.0398. The highest BCUT2D eigenvalue weighted by Gasteiger charge is 2.20. The lowest BCUT2D eigenvalue weighted by molar-refractivity contribution is 0.102. The Morgan fingerprint density at radius 1 is 1.03 bits per heavy atom. The number of nitrogens with one attached hydrogen (secondary N) is 1. The largest absolute Gasteiger partial charge is 0.505 e. The Morgan fingerprint density at radius 2 is 1.76 bits per heavy atom. The van der Waals surface area contributed by atoms with E-state index in [1.807, 2.05) is 0 Å². The van der Waals surface area contributed by atoms with Gasteiger partial charge >= 0.3 is 0 Å². The van der Waals surface area contributed by atoms with Crippen molar-refractivity contribution in [2.24, 2.45) is 10.2 Å². The van der Waals surface area contributed by atoms with Crippen LogP contribution in [0.15, 0.2) is 75.8 Å². The molecule has 0 heterocycles. The van der Waals surface area contributed by atoms with Gasteiger partial charge in [0.25, 0.3) is 16.0 Å². The minimum atomic E-state index is -4.53. The van der Waals surface area contributed by atoms with Crippen LogP contribution >= 0.6 is 23.2 Å². The summed E-state index contributed by atoms with van der Waals surface area (Å²) < 4.78 is 37.8. The number of phenolic OH excluding ortho intramolecular Hbond substituents is 1. The number of hydrogen-bond acceptors (Lipinski definition) is 7. The van der Waals surface area contributed by atoms with Gasteiger partial charge in [-0.05, 0) is 54.3 Å². The van der Waals surface area contributed by atoms with E-state index in [4.69, 9.17) is 27.9 Å². The molecule has 0 unspecified atom stereocenters. The smallest absolute Gasteiger partial charge is 0.294 e. The second kappa shape index (κ2) is 10.3. The normalized spacial score (nSPS) is 11.7. The second-order valence-electron chi connectivity index (χ2n) is 7.89. The van der Waals surface area contributed by atoms with Gasteiger partial charge in [0.1, 0.15) is 17.1 Å². The zero-order valence-corrected chi connectivity index (χ0v) is 21.7. The van der Waals surface area contributed by atoms with Crippen molar-refractivity contribution >= 4 is 67.1 Å². The molecule has 0 aliphatic rings. The first-order valence-electron chi connectivity index (χ1n) is 10.6. The summed E-state index contributed by atoms with van der Waals surface area (Å²) in [5.41, 5.74) is 0.526. The fraction of sp³-hybridized carbons (Fsp3) is 0.0800. The van der Waals surface area contributed by atoms with E-state index in [2.05, 4.69) is 15.5 Å². The number of nitrogens with zero attached hydrogens (tertiary/aromatic N) is 2.